The molecule has 0 atom stereocenters. The van der Waals surface area contributed by atoms with Crippen molar-refractivity contribution in [2.75, 3.05) is 35.7 Å². The molecule has 6 nitrogen and oxygen atoms in total. The normalized spacial score (nSPS) is 10.4. The van der Waals surface area contributed by atoms with Crippen molar-refractivity contribution in [2.45, 2.75) is 12.8 Å². The summed E-state index contributed by atoms with van der Waals surface area (Å²) >= 11 is 0. The molecule has 0 aliphatic heterocycles. The molecule has 0 heterocycles. The fraction of sp³-hybridized carbons (Fsp3) is 0.161. The van der Waals surface area contributed by atoms with Crippen LogP contribution in [-0.2, 0) is 11.2 Å². The van der Waals surface area contributed by atoms with Gasteiger partial charge in [0.25, 0.3) is 5.91 Å². The predicted molar refractivity (Wildman–Crippen MR) is 149 cm³/mol. The highest BCUT2D eigenvalue weighted by Gasteiger charge is 2.13. The molecule has 0 saturated carbocycles. The Kier molecular flexibility index (Phi) is 8.92. The van der Waals surface area contributed by atoms with Crippen LogP contribution in [0.15, 0.2) is 109 Å². The molecule has 37 heavy (non-hydrogen) atoms. The Bertz CT molecular complexity index is 1280. The first-order valence-electron chi connectivity index (χ1n) is 12.3. The van der Waals surface area contributed by atoms with Crippen LogP contribution in [0.5, 0.6) is 5.75 Å². The number of hydrogen-bond donors (Lipinski definition) is 2. The first-order chi connectivity index (χ1) is 18.1. The highest BCUT2D eigenvalue weighted by atomic mass is 16.5. The molecular formula is C31H31N3O3. The monoisotopic (exact) mass is 493 g/mol. The van der Waals surface area contributed by atoms with Crippen molar-refractivity contribution >= 4 is 28.9 Å². The van der Waals surface area contributed by atoms with E-state index in [4.69, 9.17) is 4.74 Å². The van der Waals surface area contributed by atoms with E-state index in [1.54, 1.807) is 36.2 Å². The maximum Gasteiger partial charge on any atom is 0.258 e. The van der Waals surface area contributed by atoms with E-state index in [1.165, 1.54) is 5.56 Å². The Morgan fingerprint density at radius 3 is 2.05 bits per heavy atom. The van der Waals surface area contributed by atoms with Crippen LogP contribution in [0.1, 0.15) is 22.3 Å². The summed E-state index contributed by atoms with van der Waals surface area (Å²) in [5, 5.41) is 5.96. The number of hydrogen-bond acceptors (Lipinski definition) is 4. The van der Waals surface area contributed by atoms with E-state index < -0.39 is 0 Å². The van der Waals surface area contributed by atoms with Crippen LogP contribution in [-0.4, -0.2) is 32.0 Å². The zero-order chi connectivity index (χ0) is 25.9. The van der Waals surface area contributed by atoms with Gasteiger partial charge in [-0.25, -0.2) is 0 Å². The summed E-state index contributed by atoms with van der Waals surface area (Å²) in [6, 6.07) is 34.3. The molecule has 2 amide bonds. The lowest BCUT2D eigenvalue weighted by molar-refractivity contribution is -0.114. The van der Waals surface area contributed by atoms with Gasteiger partial charge >= 0.3 is 0 Å². The Morgan fingerprint density at radius 2 is 1.38 bits per heavy atom. The fourth-order valence-electron chi connectivity index (χ4n) is 3.83. The molecule has 0 unspecified atom stereocenters. The minimum Gasteiger partial charge on any atom is -0.494 e. The van der Waals surface area contributed by atoms with Crippen LogP contribution in [0.25, 0.3) is 0 Å². The van der Waals surface area contributed by atoms with E-state index in [1.807, 2.05) is 72.8 Å². The van der Waals surface area contributed by atoms with Crippen molar-refractivity contribution in [3.05, 3.63) is 120 Å². The lowest BCUT2D eigenvalue weighted by Gasteiger charge is -2.17. The second-order valence-electron chi connectivity index (χ2n) is 8.64. The second kappa shape index (κ2) is 12.9. The molecule has 0 spiro atoms. The first-order valence-corrected chi connectivity index (χ1v) is 12.3. The molecule has 0 radical (unpaired) electrons. The fourth-order valence-corrected chi connectivity index (χ4v) is 3.83. The number of nitrogens with one attached hydrogen (secondary N) is 2. The predicted octanol–water partition coefficient (Wildman–Crippen LogP) is 6.03. The van der Waals surface area contributed by atoms with Crippen molar-refractivity contribution in [1.29, 1.82) is 0 Å². The molecule has 0 aliphatic rings. The number of para-hydroxylation sites is 1. The minimum absolute atomic E-state index is 0.0980. The third kappa shape index (κ3) is 7.70. The molecule has 0 saturated heterocycles. The van der Waals surface area contributed by atoms with Gasteiger partial charge in [-0.15, -0.1) is 0 Å². The van der Waals surface area contributed by atoms with E-state index in [0.717, 1.165) is 30.0 Å². The number of benzene rings is 4. The Balaban J connectivity index is 1.18. The largest absolute Gasteiger partial charge is 0.494 e. The third-order valence-electron chi connectivity index (χ3n) is 5.89. The minimum atomic E-state index is -0.166. The number of anilines is 3. The highest BCUT2D eigenvalue weighted by molar-refractivity contribution is 6.05. The van der Waals surface area contributed by atoms with Crippen LogP contribution < -0.4 is 20.3 Å². The molecule has 0 aliphatic carbocycles. The zero-order valence-electron chi connectivity index (χ0n) is 20.9. The summed E-state index contributed by atoms with van der Waals surface area (Å²) in [6.07, 6.45) is 1.92. The van der Waals surface area contributed by atoms with Crippen molar-refractivity contribution in [1.82, 2.24) is 0 Å². The van der Waals surface area contributed by atoms with E-state index in [9.17, 15) is 9.59 Å². The molecule has 0 fully saturated rings. The maximum absolute atomic E-state index is 12.7. The number of amides is 2. The van der Waals surface area contributed by atoms with Crippen molar-refractivity contribution in [2.24, 2.45) is 0 Å². The van der Waals surface area contributed by atoms with Crippen LogP contribution in [0.4, 0.5) is 17.1 Å². The summed E-state index contributed by atoms with van der Waals surface area (Å²) in [6.45, 7) is 0.742. The van der Waals surface area contributed by atoms with E-state index >= 15 is 0 Å². The van der Waals surface area contributed by atoms with Gasteiger partial charge < -0.3 is 20.3 Å². The summed E-state index contributed by atoms with van der Waals surface area (Å²) < 4.78 is 5.81. The average molecular weight is 494 g/mol. The van der Waals surface area contributed by atoms with Gasteiger partial charge in [0, 0.05) is 29.7 Å². The van der Waals surface area contributed by atoms with Crippen LogP contribution in [0, 0.1) is 0 Å². The molecule has 188 valence electrons. The Hall–Kier alpha value is -4.58. The van der Waals surface area contributed by atoms with Gasteiger partial charge in [-0.05, 0) is 79.1 Å². The molecule has 6 heteroatoms. The number of aryl methyl sites for hydroxylation is 1. The number of rotatable bonds is 11. The van der Waals surface area contributed by atoms with Crippen molar-refractivity contribution < 1.29 is 14.3 Å². The summed E-state index contributed by atoms with van der Waals surface area (Å²) in [4.78, 5) is 26.7. The summed E-state index contributed by atoms with van der Waals surface area (Å²) in [5.74, 6) is 0.510. The summed E-state index contributed by atoms with van der Waals surface area (Å²) in [5.41, 5.74) is 4.16. The number of carbonyl (C=O) groups excluding carboxylic acids is 2. The standard InChI is InChI=1S/C31H31N3O3/c1-34(28-12-6-3-7-13-28)31(36)25-14-16-26(17-15-25)32-23-30(35)33-27-18-20-29(21-19-27)37-22-8-11-24-9-4-2-5-10-24/h2-7,9-10,12-21,32H,8,11,22-23H2,1H3,(H,33,35). The lowest BCUT2D eigenvalue weighted by Crippen LogP contribution is -2.26. The van der Waals surface area contributed by atoms with Gasteiger partial charge in [0.2, 0.25) is 5.91 Å². The summed E-state index contributed by atoms with van der Waals surface area (Å²) in [7, 11) is 1.75. The van der Waals surface area contributed by atoms with Gasteiger partial charge in [0.15, 0.2) is 0 Å². The third-order valence-corrected chi connectivity index (χ3v) is 5.89. The van der Waals surface area contributed by atoms with Crippen molar-refractivity contribution in [3.63, 3.8) is 0 Å². The van der Waals surface area contributed by atoms with E-state index in [2.05, 4.69) is 22.8 Å². The topological polar surface area (TPSA) is 70.7 Å². The SMILES string of the molecule is CN(C(=O)c1ccc(NCC(=O)Nc2ccc(OCCCc3ccccc3)cc2)cc1)c1ccccc1. The van der Waals surface area contributed by atoms with E-state index in [-0.39, 0.29) is 18.4 Å². The molecular weight excluding hydrogens is 462 g/mol. The van der Waals surface area contributed by atoms with Gasteiger partial charge in [-0.1, -0.05) is 48.5 Å². The van der Waals surface area contributed by atoms with Crippen LogP contribution in [0.2, 0.25) is 0 Å². The first kappa shape index (κ1) is 25.5. The highest BCUT2D eigenvalue weighted by Crippen LogP contribution is 2.18. The smallest absolute Gasteiger partial charge is 0.258 e. The molecule has 0 bridgehead atoms. The van der Waals surface area contributed by atoms with Crippen LogP contribution in [0.3, 0.4) is 0 Å². The lowest BCUT2D eigenvalue weighted by atomic mass is 10.1. The molecule has 0 aromatic heterocycles. The number of carbonyl (C=O) groups is 2. The molecule has 4 rings (SSSR count). The Labute approximate surface area is 217 Å². The van der Waals surface area contributed by atoms with Gasteiger partial charge in [0.1, 0.15) is 5.75 Å². The van der Waals surface area contributed by atoms with E-state index in [0.29, 0.717) is 17.9 Å². The zero-order valence-corrected chi connectivity index (χ0v) is 20.9. The second-order valence-corrected chi connectivity index (χ2v) is 8.64. The number of ether oxygens (including phenoxy) is 1. The number of nitrogens with zero attached hydrogens (tertiary/aromatic N) is 1. The Morgan fingerprint density at radius 1 is 0.757 bits per heavy atom. The van der Waals surface area contributed by atoms with Gasteiger partial charge in [-0.2, -0.15) is 0 Å². The molecule has 4 aromatic carbocycles. The average Bonchev–Trinajstić information content (AvgIpc) is 2.95. The van der Waals surface area contributed by atoms with Crippen molar-refractivity contribution in [3.8, 4) is 5.75 Å². The van der Waals surface area contributed by atoms with Crippen LogP contribution >= 0.6 is 0 Å². The molecule has 2 N–H and O–H groups in total. The molecule has 4 aromatic rings. The van der Waals surface area contributed by atoms with Gasteiger partial charge in [-0.3, -0.25) is 9.59 Å². The quantitative estimate of drug-likeness (QED) is 0.251. The van der Waals surface area contributed by atoms with Gasteiger partial charge in [0.05, 0.1) is 13.2 Å². The maximum atomic E-state index is 12.7.